The molecular weight excluding hydrogens is 186 g/mol. The molecule has 0 aliphatic carbocycles. The van der Waals surface area contributed by atoms with Crippen LogP contribution in [-0.4, -0.2) is 34.0 Å². The molecule has 0 aliphatic rings. The summed E-state index contributed by atoms with van der Waals surface area (Å²) in [5.41, 5.74) is 0.109. The Hall–Kier alpha value is -0.0900. The van der Waals surface area contributed by atoms with E-state index < -0.39 is 9.84 Å². The van der Waals surface area contributed by atoms with Crippen molar-refractivity contribution in [2.75, 3.05) is 25.6 Å². The maximum Gasteiger partial charge on any atom is 0.147 e. The van der Waals surface area contributed by atoms with Crippen molar-refractivity contribution in [1.29, 1.82) is 0 Å². The molecule has 4 heteroatoms. The van der Waals surface area contributed by atoms with Gasteiger partial charge in [-0.1, -0.05) is 13.8 Å². The highest BCUT2D eigenvalue weighted by molar-refractivity contribution is 7.90. The van der Waals surface area contributed by atoms with E-state index in [0.29, 0.717) is 5.75 Å². The van der Waals surface area contributed by atoms with Crippen LogP contribution in [0.1, 0.15) is 26.7 Å². The lowest BCUT2D eigenvalue weighted by molar-refractivity contribution is 0.290. The molecule has 1 atom stereocenters. The van der Waals surface area contributed by atoms with Crippen molar-refractivity contribution in [3.63, 3.8) is 0 Å². The Morgan fingerprint density at radius 3 is 2.23 bits per heavy atom. The topological polar surface area (TPSA) is 46.2 Å². The third kappa shape index (κ3) is 6.05. The molecule has 13 heavy (non-hydrogen) atoms. The predicted octanol–water partition coefficient (Wildman–Crippen LogP) is 1.06. The van der Waals surface area contributed by atoms with Gasteiger partial charge in [-0.2, -0.15) is 0 Å². The van der Waals surface area contributed by atoms with Gasteiger partial charge >= 0.3 is 0 Å². The molecule has 0 radical (unpaired) electrons. The van der Waals surface area contributed by atoms with E-state index in [1.165, 1.54) is 6.26 Å². The fourth-order valence-corrected chi connectivity index (χ4v) is 2.11. The number of nitrogens with one attached hydrogen (secondary N) is 1. The van der Waals surface area contributed by atoms with Gasteiger partial charge in [-0.3, -0.25) is 0 Å². The molecular formula is C9H21NO2S. The lowest BCUT2D eigenvalue weighted by Gasteiger charge is -2.27. The second kappa shape index (κ2) is 4.96. The second-order valence-electron chi connectivity index (χ2n) is 4.07. The van der Waals surface area contributed by atoms with Gasteiger partial charge in [0.05, 0.1) is 5.75 Å². The van der Waals surface area contributed by atoms with Crippen molar-refractivity contribution in [3.8, 4) is 0 Å². The van der Waals surface area contributed by atoms with E-state index >= 15 is 0 Å². The zero-order valence-corrected chi connectivity index (χ0v) is 9.87. The number of hydrogen-bond donors (Lipinski definition) is 1. The van der Waals surface area contributed by atoms with Crippen LogP contribution in [0.2, 0.25) is 0 Å². The Balaban J connectivity index is 4.13. The Kier molecular flexibility index (Phi) is 4.92. The van der Waals surface area contributed by atoms with Crippen LogP contribution in [0.15, 0.2) is 0 Å². The van der Waals surface area contributed by atoms with Gasteiger partial charge in [-0.05, 0) is 25.3 Å². The minimum atomic E-state index is -2.81. The van der Waals surface area contributed by atoms with Crippen LogP contribution in [0.4, 0.5) is 0 Å². The Labute approximate surface area is 81.8 Å². The highest BCUT2D eigenvalue weighted by Gasteiger charge is 2.22. The normalized spacial score (nSPS) is 16.9. The molecule has 0 aromatic rings. The van der Waals surface area contributed by atoms with Gasteiger partial charge in [0.25, 0.3) is 0 Å². The van der Waals surface area contributed by atoms with E-state index in [1.807, 2.05) is 7.05 Å². The van der Waals surface area contributed by atoms with Gasteiger partial charge in [0, 0.05) is 12.8 Å². The van der Waals surface area contributed by atoms with Crippen molar-refractivity contribution in [3.05, 3.63) is 0 Å². The van der Waals surface area contributed by atoms with Gasteiger partial charge in [0.1, 0.15) is 9.84 Å². The molecule has 0 aliphatic heterocycles. The van der Waals surface area contributed by atoms with Gasteiger partial charge in [0.2, 0.25) is 0 Å². The molecule has 1 N–H and O–H groups in total. The smallest absolute Gasteiger partial charge is 0.147 e. The minimum Gasteiger partial charge on any atom is -0.319 e. The third-order valence-corrected chi connectivity index (χ3v) is 3.48. The van der Waals surface area contributed by atoms with E-state index in [0.717, 1.165) is 19.4 Å². The van der Waals surface area contributed by atoms with Crippen molar-refractivity contribution in [2.45, 2.75) is 26.7 Å². The van der Waals surface area contributed by atoms with E-state index in [-0.39, 0.29) is 5.41 Å². The monoisotopic (exact) mass is 207 g/mol. The molecule has 0 spiro atoms. The largest absolute Gasteiger partial charge is 0.319 e. The Morgan fingerprint density at radius 2 is 1.92 bits per heavy atom. The first-order chi connectivity index (χ1) is 5.83. The zero-order chi connectivity index (χ0) is 10.5. The summed E-state index contributed by atoms with van der Waals surface area (Å²) in [5, 5.41) is 3.10. The summed E-state index contributed by atoms with van der Waals surface area (Å²) in [7, 11) is -0.916. The Morgan fingerprint density at radius 1 is 1.38 bits per heavy atom. The average Bonchev–Trinajstić information content (AvgIpc) is 2.01. The molecule has 0 heterocycles. The van der Waals surface area contributed by atoms with Crippen molar-refractivity contribution in [1.82, 2.24) is 5.32 Å². The van der Waals surface area contributed by atoms with Gasteiger partial charge in [-0.25, -0.2) is 8.42 Å². The summed E-state index contributed by atoms with van der Waals surface area (Å²) in [5.74, 6) is 0.291. The summed E-state index contributed by atoms with van der Waals surface area (Å²) < 4.78 is 22.0. The van der Waals surface area contributed by atoms with Gasteiger partial charge in [-0.15, -0.1) is 0 Å². The van der Waals surface area contributed by atoms with E-state index in [4.69, 9.17) is 0 Å². The third-order valence-electron chi connectivity index (χ3n) is 2.53. The van der Waals surface area contributed by atoms with Gasteiger partial charge < -0.3 is 5.32 Å². The predicted molar refractivity (Wildman–Crippen MR) is 56.7 cm³/mol. The lowest BCUT2D eigenvalue weighted by Crippen LogP contribution is -2.31. The van der Waals surface area contributed by atoms with Crippen LogP contribution in [0.3, 0.4) is 0 Å². The Bertz CT molecular complexity index is 236. The molecule has 1 unspecified atom stereocenters. The summed E-state index contributed by atoms with van der Waals surface area (Å²) in [4.78, 5) is 0. The summed E-state index contributed by atoms with van der Waals surface area (Å²) in [6, 6.07) is 0. The SMILES string of the molecule is CCC(C)(CCS(C)(=O)=O)CNC. The van der Waals surface area contributed by atoms with Crippen LogP contribution in [0.5, 0.6) is 0 Å². The second-order valence-corrected chi connectivity index (χ2v) is 6.33. The molecule has 0 saturated carbocycles. The van der Waals surface area contributed by atoms with Crippen LogP contribution < -0.4 is 5.32 Å². The maximum absolute atomic E-state index is 11.0. The molecule has 3 nitrogen and oxygen atoms in total. The highest BCUT2D eigenvalue weighted by atomic mass is 32.2. The fourth-order valence-electron chi connectivity index (χ4n) is 1.25. The first kappa shape index (κ1) is 12.9. The van der Waals surface area contributed by atoms with Crippen LogP contribution >= 0.6 is 0 Å². The molecule has 0 rings (SSSR count). The molecule has 0 amide bonds. The van der Waals surface area contributed by atoms with Crippen LogP contribution in [0.25, 0.3) is 0 Å². The molecule has 0 bridgehead atoms. The number of rotatable bonds is 6. The van der Waals surface area contributed by atoms with Gasteiger partial charge in [0.15, 0.2) is 0 Å². The quantitative estimate of drug-likeness (QED) is 0.708. The maximum atomic E-state index is 11.0. The fraction of sp³-hybridized carbons (Fsp3) is 1.00. The summed E-state index contributed by atoms with van der Waals surface area (Å²) in [6.45, 7) is 5.09. The highest BCUT2D eigenvalue weighted by Crippen LogP contribution is 2.24. The first-order valence-corrected chi connectivity index (χ1v) is 6.71. The van der Waals surface area contributed by atoms with E-state index in [1.54, 1.807) is 0 Å². The first-order valence-electron chi connectivity index (χ1n) is 4.65. The standard InChI is InChI=1S/C9H21NO2S/c1-5-9(2,8-10-3)6-7-13(4,11)12/h10H,5-8H2,1-4H3. The molecule has 80 valence electrons. The van der Waals surface area contributed by atoms with Crippen LogP contribution in [-0.2, 0) is 9.84 Å². The summed E-state index contributed by atoms with van der Waals surface area (Å²) >= 11 is 0. The van der Waals surface area contributed by atoms with Crippen molar-refractivity contribution < 1.29 is 8.42 Å². The van der Waals surface area contributed by atoms with Crippen LogP contribution in [0, 0.1) is 5.41 Å². The molecule has 0 aromatic heterocycles. The minimum absolute atomic E-state index is 0.109. The van der Waals surface area contributed by atoms with Crippen molar-refractivity contribution >= 4 is 9.84 Å². The van der Waals surface area contributed by atoms with E-state index in [2.05, 4.69) is 19.2 Å². The molecule has 0 saturated heterocycles. The number of sulfone groups is 1. The zero-order valence-electron chi connectivity index (χ0n) is 9.05. The lowest BCUT2D eigenvalue weighted by atomic mass is 9.85. The van der Waals surface area contributed by atoms with E-state index in [9.17, 15) is 8.42 Å². The summed E-state index contributed by atoms with van der Waals surface area (Å²) in [6.07, 6.45) is 3.04. The molecule has 0 fully saturated rings. The molecule has 0 aromatic carbocycles. The average molecular weight is 207 g/mol. The van der Waals surface area contributed by atoms with Crippen molar-refractivity contribution in [2.24, 2.45) is 5.41 Å². The number of hydrogen-bond acceptors (Lipinski definition) is 3.